The third kappa shape index (κ3) is 9.30. The van der Waals surface area contributed by atoms with Crippen LogP contribution in [0.1, 0.15) is 46.1 Å². The third-order valence-corrected chi connectivity index (χ3v) is 5.09. The fourth-order valence-corrected chi connectivity index (χ4v) is 3.52. The van der Waals surface area contributed by atoms with Crippen molar-refractivity contribution in [2.45, 2.75) is 40.5 Å². The highest BCUT2D eigenvalue weighted by Gasteiger charge is 2.10. The number of hydrogen-bond donors (Lipinski definition) is 0. The number of carbonyl (C=O) groups is 1. The summed E-state index contributed by atoms with van der Waals surface area (Å²) >= 11 is 0. The average Bonchev–Trinajstić information content (AvgIpc) is 2.80. The standard InChI is InChI=1S/C28H39NO4/c1-6-8-17-31-18-19-33-26-13-9-23(10-14-26)24-11-15-27(29(5)21-22(3)4)25(20-24)12-16-28(30)32-7-2/h9-16,20,22H,6-8,17-19,21H2,1-5H3/b16-12+. The highest BCUT2D eigenvalue weighted by Crippen LogP contribution is 2.30. The van der Waals surface area contributed by atoms with E-state index in [1.807, 2.05) is 18.2 Å². The van der Waals surface area contributed by atoms with Gasteiger partial charge in [-0.1, -0.05) is 45.4 Å². The summed E-state index contributed by atoms with van der Waals surface area (Å²) in [4.78, 5) is 14.1. The summed E-state index contributed by atoms with van der Waals surface area (Å²) in [7, 11) is 2.08. The van der Waals surface area contributed by atoms with Crippen molar-refractivity contribution in [3.63, 3.8) is 0 Å². The van der Waals surface area contributed by atoms with E-state index in [0.717, 1.165) is 54.1 Å². The molecule has 2 aromatic carbocycles. The van der Waals surface area contributed by atoms with Crippen molar-refractivity contribution in [3.05, 3.63) is 54.1 Å². The second-order valence-corrected chi connectivity index (χ2v) is 8.47. The molecule has 0 fully saturated rings. The van der Waals surface area contributed by atoms with Crippen LogP contribution in [-0.2, 0) is 14.3 Å². The molecule has 180 valence electrons. The number of esters is 1. The van der Waals surface area contributed by atoms with Crippen molar-refractivity contribution >= 4 is 17.7 Å². The molecule has 0 aliphatic carbocycles. The van der Waals surface area contributed by atoms with Crippen LogP contribution in [0.15, 0.2) is 48.5 Å². The second-order valence-electron chi connectivity index (χ2n) is 8.47. The molecular formula is C28H39NO4. The Labute approximate surface area is 199 Å². The smallest absolute Gasteiger partial charge is 0.330 e. The van der Waals surface area contributed by atoms with Crippen LogP contribution in [0.2, 0.25) is 0 Å². The number of unbranched alkanes of at least 4 members (excludes halogenated alkanes) is 1. The molecule has 0 spiro atoms. The zero-order valence-electron chi connectivity index (χ0n) is 20.8. The number of rotatable bonds is 14. The van der Waals surface area contributed by atoms with E-state index in [2.05, 4.69) is 63.1 Å². The molecule has 2 rings (SSSR count). The van der Waals surface area contributed by atoms with Crippen molar-refractivity contribution in [1.82, 2.24) is 0 Å². The first-order valence-corrected chi connectivity index (χ1v) is 12.0. The topological polar surface area (TPSA) is 48.0 Å². The summed E-state index contributed by atoms with van der Waals surface area (Å²) < 4.78 is 16.4. The van der Waals surface area contributed by atoms with E-state index in [-0.39, 0.29) is 5.97 Å². The molecule has 0 bridgehead atoms. The first kappa shape index (κ1) is 26.5. The summed E-state index contributed by atoms with van der Waals surface area (Å²) in [6, 6.07) is 14.4. The number of ether oxygens (including phenoxy) is 3. The Morgan fingerprint density at radius 2 is 1.73 bits per heavy atom. The molecule has 2 aromatic rings. The molecule has 0 radical (unpaired) electrons. The maximum atomic E-state index is 11.9. The maximum Gasteiger partial charge on any atom is 0.330 e. The zero-order chi connectivity index (χ0) is 24.1. The van der Waals surface area contributed by atoms with Crippen LogP contribution in [-0.4, -0.2) is 46.0 Å². The summed E-state index contributed by atoms with van der Waals surface area (Å²) in [6.07, 6.45) is 5.55. The van der Waals surface area contributed by atoms with Gasteiger partial charge in [0.2, 0.25) is 0 Å². The van der Waals surface area contributed by atoms with Gasteiger partial charge in [-0.3, -0.25) is 0 Å². The summed E-state index contributed by atoms with van der Waals surface area (Å²) in [5, 5.41) is 0. The van der Waals surface area contributed by atoms with Crippen molar-refractivity contribution < 1.29 is 19.0 Å². The summed E-state index contributed by atoms with van der Waals surface area (Å²) in [6.45, 7) is 11.6. The van der Waals surface area contributed by atoms with Crippen LogP contribution in [0.25, 0.3) is 17.2 Å². The number of carbonyl (C=O) groups excluding carboxylic acids is 1. The SMILES string of the molecule is CCCCOCCOc1ccc(-c2ccc(N(C)CC(C)C)c(/C=C/C(=O)OCC)c2)cc1. The Morgan fingerprint density at radius 3 is 2.39 bits per heavy atom. The van der Waals surface area contributed by atoms with E-state index in [0.29, 0.717) is 25.7 Å². The van der Waals surface area contributed by atoms with E-state index in [4.69, 9.17) is 14.2 Å². The Balaban J connectivity index is 2.15. The highest BCUT2D eigenvalue weighted by molar-refractivity contribution is 5.89. The summed E-state index contributed by atoms with van der Waals surface area (Å²) in [5.74, 6) is 1.02. The van der Waals surface area contributed by atoms with Crippen molar-refractivity contribution in [3.8, 4) is 16.9 Å². The maximum absolute atomic E-state index is 11.9. The number of benzene rings is 2. The second kappa shape index (κ2) is 14.4. The van der Waals surface area contributed by atoms with E-state index < -0.39 is 0 Å². The van der Waals surface area contributed by atoms with Crippen LogP contribution in [0.4, 0.5) is 5.69 Å². The molecule has 0 amide bonds. The molecule has 0 N–H and O–H groups in total. The van der Waals surface area contributed by atoms with Crippen molar-refractivity contribution in [1.29, 1.82) is 0 Å². The molecule has 0 saturated carbocycles. The van der Waals surface area contributed by atoms with Crippen molar-refractivity contribution in [2.24, 2.45) is 5.92 Å². The molecule has 0 unspecified atom stereocenters. The van der Waals surface area contributed by atoms with Crippen LogP contribution < -0.4 is 9.64 Å². The van der Waals surface area contributed by atoms with Gasteiger partial charge in [0, 0.05) is 32.0 Å². The Kier molecular flexibility index (Phi) is 11.5. The molecule has 0 aliphatic rings. The number of hydrogen-bond acceptors (Lipinski definition) is 5. The minimum Gasteiger partial charge on any atom is -0.491 e. The molecule has 0 heterocycles. The first-order chi connectivity index (χ1) is 15.9. The highest BCUT2D eigenvalue weighted by atomic mass is 16.5. The van der Waals surface area contributed by atoms with E-state index in [1.54, 1.807) is 6.92 Å². The quantitative estimate of drug-likeness (QED) is 0.193. The van der Waals surface area contributed by atoms with Gasteiger partial charge in [-0.05, 0) is 66.3 Å². The van der Waals surface area contributed by atoms with Gasteiger partial charge in [-0.25, -0.2) is 4.79 Å². The Hall–Kier alpha value is -2.79. The Morgan fingerprint density at radius 1 is 1.00 bits per heavy atom. The lowest BCUT2D eigenvalue weighted by molar-refractivity contribution is -0.137. The molecule has 0 aromatic heterocycles. The molecule has 5 nitrogen and oxygen atoms in total. The van der Waals surface area contributed by atoms with Crippen LogP contribution in [0.5, 0.6) is 5.75 Å². The predicted molar refractivity (Wildman–Crippen MR) is 137 cm³/mol. The molecule has 0 saturated heterocycles. The Bertz CT molecular complexity index is 874. The fourth-order valence-electron chi connectivity index (χ4n) is 3.52. The van der Waals surface area contributed by atoms with Crippen LogP contribution in [0, 0.1) is 5.92 Å². The van der Waals surface area contributed by atoms with Gasteiger partial charge in [0.05, 0.1) is 13.2 Å². The van der Waals surface area contributed by atoms with Crippen LogP contribution in [0.3, 0.4) is 0 Å². The molecule has 0 atom stereocenters. The van der Waals surface area contributed by atoms with Gasteiger partial charge in [-0.2, -0.15) is 0 Å². The first-order valence-electron chi connectivity index (χ1n) is 12.0. The van der Waals surface area contributed by atoms with Crippen molar-refractivity contribution in [2.75, 3.05) is 44.9 Å². The lowest BCUT2D eigenvalue weighted by atomic mass is 10.0. The predicted octanol–water partition coefficient (Wildman–Crippen LogP) is 6.22. The molecular weight excluding hydrogens is 414 g/mol. The van der Waals surface area contributed by atoms with E-state index in [1.165, 1.54) is 6.08 Å². The fraction of sp³-hybridized carbons (Fsp3) is 0.464. The molecule has 33 heavy (non-hydrogen) atoms. The van der Waals surface area contributed by atoms with Gasteiger partial charge in [0.15, 0.2) is 0 Å². The van der Waals surface area contributed by atoms with Gasteiger partial charge in [-0.15, -0.1) is 0 Å². The van der Waals surface area contributed by atoms with Gasteiger partial charge >= 0.3 is 5.97 Å². The normalized spacial score (nSPS) is 11.2. The molecule has 5 heteroatoms. The lowest BCUT2D eigenvalue weighted by Crippen LogP contribution is -2.23. The number of nitrogens with zero attached hydrogens (tertiary/aromatic N) is 1. The van der Waals surface area contributed by atoms with E-state index >= 15 is 0 Å². The lowest BCUT2D eigenvalue weighted by Gasteiger charge is -2.24. The minimum atomic E-state index is -0.333. The zero-order valence-corrected chi connectivity index (χ0v) is 20.8. The largest absolute Gasteiger partial charge is 0.491 e. The van der Waals surface area contributed by atoms with Gasteiger partial charge < -0.3 is 19.1 Å². The monoisotopic (exact) mass is 453 g/mol. The number of anilines is 1. The van der Waals surface area contributed by atoms with E-state index in [9.17, 15) is 4.79 Å². The summed E-state index contributed by atoms with van der Waals surface area (Å²) in [5.41, 5.74) is 4.23. The molecule has 0 aliphatic heterocycles. The third-order valence-electron chi connectivity index (χ3n) is 5.09. The van der Waals surface area contributed by atoms with Gasteiger partial charge in [0.1, 0.15) is 12.4 Å². The minimum absolute atomic E-state index is 0.333. The van der Waals surface area contributed by atoms with Crippen LogP contribution >= 0.6 is 0 Å². The van der Waals surface area contributed by atoms with Gasteiger partial charge in [0.25, 0.3) is 0 Å². The average molecular weight is 454 g/mol.